The molecule has 0 aromatic carbocycles. The summed E-state index contributed by atoms with van der Waals surface area (Å²) in [6, 6.07) is 3.65. The summed E-state index contributed by atoms with van der Waals surface area (Å²) in [5.41, 5.74) is 1.19. The van der Waals surface area contributed by atoms with E-state index in [1.807, 2.05) is 6.07 Å². The first-order valence-corrected chi connectivity index (χ1v) is 3.24. The molecule has 1 saturated carbocycles. The normalized spacial score (nSPS) is 18.2. The van der Waals surface area contributed by atoms with Gasteiger partial charge in [0.2, 0.25) is 0 Å². The minimum absolute atomic E-state index is 0.289. The van der Waals surface area contributed by atoms with Crippen molar-refractivity contribution in [2.45, 2.75) is 18.8 Å². The zero-order valence-corrected chi connectivity index (χ0v) is 5.09. The molecule has 0 amide bonds. The van der Waals surface area contributed by atoms with Gasteiger partial charge in [-0.2, -0.15) is 0 Å². The van der Waals surface area contributed by atoms with E-state index in [9.17, 15) is 0 Å². The van der Waals surface area contributed by atoms with Gasteiger partial charge in [0.05, 0.1) is 0 Å². The molecule has 0 atom stereocenters. The minimum atomic E-state index is 0.289. The first-order chi connectivity index (χ1) is 4.36. The third-order valence-electron chi connectivity index (χ3n) is 1.71. The maximum Gasteiger partial charge on any atom is 0.188 e. The first kappa shape index (κ1) is 4.91. The van der Waals surface area contributed by atoms with E-state index in [1.54, 1.807) is 6.07 Å². The molecule has 48 valence electrons. The van der Waals surface area contributed by atoms with Crippen LogP contribution in [0.2, 0.25) is 0 Å². The maximum absolute atomic E-state index is 8.87. The van der Waals surface area contributed by atoms with Gasteiger partial charge in [0.1, 0.15) is 0 Å². The smallest absolute Gasteiger partial charge is 0.188 e. The molecule has 2 heteroatoms. The molecule has 0 bridgehead atoms. The van der Waals surface area contributed by atoms with Gasteiger partial charge in [-0.05, 0) is 30.9 Å². The molecule has 2 nitrogen and oxygen atoms in total. The third kappa shape index (κ3) is 0.803. The van der Waals surface area contributed by atoms with E-state index in [4.69, 9.17) is 5.11 Å². The summed E-state index contributed by atoms with van der Waals surface area (Å²) < 4.78 is 0. The fourth-order valence-electron chi connectivity index (χ4n) is 1.03. The largest absolute Gasteiger partial charge is 0.495 e. The Morgan fingerprint density at radius 3 is 2.67 bits per heavy atom. The molecule has 1 fully saturated rings. The van der Waals surface area contributed by atoms with Crippen molar-refractivity contribution in [3.8, 4) is 5.88 Å². The molecule has 0 saturated heterocycles. The second-order valence-corrected chi connectivity index (χ2v) is 2.57. The van der Waals surface area contributed by atoms with Crippen molar-refractivity contribution in [1.82, 2.24) is 4.98 Å². The Morgan fingerprint density at radius 2 is 2.22 bits per heavy atom. The summed E-state index contributed by atoms with van der Waals surface area (Å²) in [5.74, 6) is 1.00. The van der Waals surface area contributed by atoms with E-state index in [1.165, 1.54) is 18.5 Å². The Kier molecular flexibility index (Phi) is 0.835. The van der Waals surface area contributed by atoms with Crippen molar-refractivity contribution in [1.29, 1.82) is 0 Å². The van der Waals surface area contributed by atoms with Crippen molar-refractivity contribution < 1.29 is 5.11 Å². The zero-order valence-electron chi connectivity index (χ0n) is 5.09. The number of hydrogen-bond acceptors (Lipinski definition) is 1. The van der Waals surface area contributed by atoms with E-state index >= 15 is 0 Å². The second kappa shape index (κ2) is 1.53. The fourth-order valence-corrected chi connectivity index (χ4v) is 1.03. The van der Waals surface area contributed by atoms with E-state index in [0.29, 0.717) is 5.92 Å². The van der Waals surface area contributed by atoms with Gasteiger partial charge in [0.15, 0.2) is 5.88 Å². The van der Waals surface area contributed by atoms with Crippen LogP contribution in [-0.4, -0.2) is 10.1 Å². The van der Waals surface area contributed by atoms with Crippen LogP contribution in [0.15, 0.2) is 12.1 Å². The van der Waals surface area contributed by atoms with Crippen molar-refractivity contribution in [2.24, 2.45) is 0 Å². The number of aromatic amines is 1. The van der Waals surface area contributed by atoms with Crippen molar-refractivity contribution in [3.63, 3.8) is 0 Å². The average molecular weight is 123 g/mol. The van der Waals surface area contributed by atoms with Gasteiger partial charge in [0.25, 0.3) is 0 Å². The molecular weight excluding hydrogens is 114 g/mol. The van der Waals surface area contributed by atoms with Crippen LogP contribution >= 0.6 is 0 Å². The van der Waals surface area contributed by atoms with Crippen LogP contribution in [-0.2, 0) is 0 Å². The van der Waals surface area contributed by atoms with E-state index in [-0.39, 0.29) is 5.88 Å². The Morgan fingerprint density at radius 1 is 1.44 bits per heavy atom. The second-order valence-electron chi connectivity index (χ2n) is 2.57. The Bertz CT molecular complexity index is 212. The van der Waals surface area contributed by atoms with Gasteiger partial charge in [-0.15, -0.1) is 0 Å². The quantitative estimate of drug-likeness (QED) is 0.584. The van der Waals surface area contributed by atoms with Gasteiger partial charge >= 0.3 is 0 Å². The Hall–Kier alpha value is -0.920. The molecule has 1 aliphatic rings. The van der Waals surface area contributed by atoms with Crippen LogP contribution in [0.5, 0.6) is 5.88 Å². The lowest BCUT2D eigenvalue weighted by Crippen LogP contribution is -1.74. The van der Waals surface area contributed by atoms with Crippen LogP contribution in [0.1, 0.15) is 24.5 Å². The zero-order chi connectivity index (χ0) is 6.27. The Labute approximate surface area is 53.5 Å². The molecule has 0 aliphatic heterocycles. The highest BCUT2D eigenvalue weighted by Gasteiger charge is 2.24. The fraction of sp³-hybridized carbons (Fsp3) is 0.429. The highest BCUT2D eigenvalue weighted by atomic mass is 16.3. The molecule has 1 aromatic rings. The van der Waals surface area contributed by atoms with Crippen molar-refractivity contribution >= 4 is 0 Å². The molecule has 0 spiro atoms. The molecule has 0 unspecified atom stereocenters. The molecule has 2 rings (SSSR count). The lowest BCUT2D eigenvalue weighted by Gasteiger charge is -1.86. The Balaban J connectivity index is 2.28. The number of rotatable bonds is 1. The lowest BCUT2D eigenvalue weighted by atomic mass is 10.3. The minimum Gasteiger partial charge on any atom is -0.495 e. The highest BCUT2D eigenvalue weighted by Crippen LogP contribution is 2.39. The molecule has 1 heterocycles. The van der Waals surface area contributed by atoms with Crippen molar-refractivity contribution in [2.75, 3.05) is 0 Å². The molecule has 1 aromatic heterocycles. The van der Waals surface area contributed by atoms with E-state index < -0.39 is 0 Å². The van der Waals surface area contributed by atoms with E-state index in [0.717, 1.165) is 0 Å². The predicted molar refractivity (Wildman–Crippen MR) is 34.4 cm³/mol. The van der Waals surface area contributed by atoms with Gasteiger partial charge in [-0.25, -0.2) is 0 Å². The summed E-state index contributed by atoms with van der Waals surface area (Å²) in [7, 11) is 0. The summed E-state index contributed by atoms with van der Waals surface area (Å²) in [4.78, 5) is 2.89. The maximum atomic E-state index is 8.87. The average Bonchev–Trinajstić information content (AvgIpc) is 2.58. The molecular formula is C7H9NO. The number of hydrogen-bond donors (Lipinski definition) is 2. The highest BCUT2D eigenvalue weighted by molar-refractivity contribution is 5.22. The van der Waals surface area contributed by atoms with Gasteiger partial charge in [-0.3, -0.25) is 0 Å². The third-order valence-corrected chi connectivity index (χ3v) is 1.71. The topological polar surface area (TPSA) is 36.0 Å². The van der Waals surface area contributed by atoms with Gasteiger partial charge in [0, 0.05) is 5.69 Å². The molecule has 0 radical (unpaired) electrons. The van der Waals surface area contributed by atoms with Crippen LogP contribution in [0.25, 0.3) is 0 Å². The summed E-state index contributed by atoms with van der Waals surface area (Å²) in [5, 5.41) is 8.87. The summed E-state index contributed by atoms with van der Waals surface area (Å²) in [6.07, 6.45) is 2.56. The van der Waals surface area contributed by atoms with Crippen LogP contribution in [0, 0.1) is 0 Å². The number of aromatic hydroxyl groups is 1. The SMILES string of the molecule is Oc1ccc(C2CC2)[nH]1. The van der Waals surface area contributed by atoms with Crippen LogP contribution in [0.4, 0.5) is 0 Å². The standard InChI is InChI=1S/C7H9NO/c9-7-4-3-6(8-7)5-1-2-5/h3-5,8-9H,1-2H2. The first-order valence-electron chi connectivity index (χ1n) is 3.24. The summed E-state index contributed by atoms with van der Waals surface area (Å²) in [6.45, 7) is 0. The summed E-state index contributed by atoms with van der Waals surface area (Å²) >= 11 is 0. The van der Waals surface area contributed by atoms with Crippen LogP contribution in [0.3, 0.4) is 0 Å². The number of aromatic nitrogens is 1. The number of nitrogens with one attached hydrogen (secondary N) is 1. The lowest BCUT2D eigenvalue weighted by molar-refractivity contribution is 0.455. The van der Waals surface area contributed by atoms with Crippen LogP contribution < -0.4 is 0 Å². The number of H-pyrrole nitrogens is 1. The monoisotopic (exact) mass is 123 g/mol. The van der Waals surface area contributed by atoms with E-state index in [2.05, 4.69) is 4.98 Å². The van der Waals surface area contributed by atoms with Gasteiger partial charge < -0.3 is 10.1 Å². The predicted octanol–water partition coefficient (Wildman–Crippen LogP) is 1.60. The molecule has 9 heavy (non-hydrogen) atoms. The molecule has 1 aliphatic carbocycles. The molecule has 2 N–H and O–H groups in total. The van der Waals surface area contributed by atoms with Crippen molar-refractivity contribution in [3.05, 3.63) is 17.8 Å². The van der Waals surface area contributed by atoms with Gasteiger partial charge in [-0.1, -0.05) is 0 Å².